The molecule has 0 unspecified atom stereocenters. The third-order valence-electron chi connectivity index (χ3n) is 2.72. The fraction of sp³-hybridized carbons (Fsp3) is 0.0833. The van der Waals surface area contributed by atoms with Crippen molar-refractivity contribution in [2.75, 3.05) is 5.32 Å². The minimum Gasteiger partial charge on any atom is -0.374 e. The molecule has 0 fully saturated rings. The van der Waals surface area contributed by atoms with Crippen molar-refractivity contribution in [3.63, 3.8) is 0 Å². The molecule has 0 aliphatic carbocycles. The van der Waals surface area contributed by atoms with E-state index in [0.717, 1.165) is 6.20 Å². The number of benzene rings is 1. The second-order valence-corrected chi connectivity index (χ2v) is 4.87. The van der Waals surface area contributed by atoms with Gasteiger partial charge in [-0.05, 0) is 15.9 Å². The minimum absolute atomic E-state index is 0.0437. The maximum Gasteiger partial charge on any atom is 0.311 e. The van der Waals surface area contributed by atoms with E-state index in [1.54, 1.807) is 18.2 Å². The second kappa shape index (κ2) is 6.27. The van der Waals surface area contributed by atoms with Crippen molar-refractivity contribution in [3.05, 3.63) is 66.9 Å². The molecule has 1 aromatic heterocycles. The zero-order chi connectivity index (χ0) is 15.4. The van der Waals surface area contributed by atoms with Crippen LogP contribution in [0.1, 0.15) is 5.56 Å². The standard InChI is InChI=1S/C12H9BrN4O4/c13-9-6-14-7-11(17(20)21)12(9)15-5-8-3-1-2-4-10(8)16(18)19/h1-4,6-7H,5H2,(H,14,15). The van der Waals surface area contributed by atoms with Crippen molar-refractivity contribution in [2.45, 2.75) is 6.54 Å². The van der Waals surface area contributed by atoms with Crippen molar-refractivity contribution < 1.29 is 9.85 Å². The molecule has 0 radical (unpaired) electrons. The number of halogens is 1. The Hall–Kier alpha value is -2.55. The Bertz CT molecular complexity index is 707. The molecular weight excluding hydrogens is 344 g/mol. The van der Waals surface area contributed by atoms with Crippen molar-refractivity contribution >= 4 is 33.0 Å². The summed E-state index contributed by atoms with van der Waals surface area (Å²) < 4.78 is 0.412. The van der Waals surface area contributed by atoms with Crippen LogP contribution in [0.2, 0.25) is 0 Å². The smallest absolute Gasteiger partial charge is 0.311 e. The molecule has 21 heavy (non-hydrogen) atoms. The second-order valence-electron chi connectivity index (χ2n) is 4.01. The summed E-state index contributed by atoms with van der Waals surface area (Å²) in [5, 5.41) is 24.7. The Kier molecular flexibility index (Phi) is 4.43. The number of anilines is 1. The average Bonchev–Trinajstić information content (AvgIpc) is 2.45. The van der Waals surface area contributed by atoms with Crippen LogP contribution in [0.15, 0.2) is 41.1 Å². The number of rotatable bonds is 5. The molecule has 0 bridgehead atoms. The number of hydrogen-bond acceptors (Lipinski definition) is 6. The van der Waals surface area contributed by atoms with E-state index in [9.17, 15) is 20.2 Å². The van der Waals surface area contributed by atoms with Crippen molar-refractivity contribution in [1.29, 1.82) is 0 Å². The zero-order valence-corrected chi connectivity index (χ0v) is 12.1. The molecule has 1 N–H and O–H groups in total. The number of nitrogens with one attached hydrogen (secondary N) is 1. The monoisotopic (exact) mass is 352 g/mol. The predicted molar refractivity (Wildman–Crippen MR) is 79.0 cm³/mol. The van der Waals surface area contributed by atoms with E-state index in [4.69, 9.17) is 0 Å². The molecular formula is C12H9BrN4O4. The van der Waals surface area contributed by atoms with E-state index in [-0.39, 0.29) is 23.6 Å². The van der Waals surface area contributed by atoms with Gasteiger partial charge >= 0.3 is 5.69 Å². The van der Waals surface area contributed by atoms with Crippen LogP contribution in [0.5, 0.6) is 0 Å². The Balaban J connectivity index is 2.29. The third-order valence-corrected chi connectivity index (χ3v) is 3.32. The van der Waals surface area contributed by atoms with Crippen LogP contribution in [0, 0.1) is 20.2 Å². The molecule has 9 heteroatoms. The van der Waals surface area contributed by atoms with E-state index in [1.165, 1.54) is 12.3 Å². The normalized spacial score (nSPS) is 10.1. The quantitative estimate of drug-likeness (QED) is 0.652. The minimum atomic E-state index is -0.570. The number of nitro groups is 2. The van der Waals surface area contributed by atoms with E-state index in [0.29, 0.717) is 10.0 Å². The van der Waals surface area contributed by atoms with Gasteiger partial charge in [-0.3, -0.25) is 25.2 Å². The number of pyridine rings is 1. The Morgan fingerprint density at radius 3 is 2.43 bits per heavy atom. The maximum atomic E-state index is 11.0. The molecule has 0 saturated carbocycles. The first kappa shape index (κ1) is 14.9. The average molecular weight is 353 g/mol. The van der Waals surface area contributed by atoms with Crippen LogP contribution in [0.3, 0.4) is 0 Å². The molecule has 8 nitrogen and oxygen atoms in total. The molecule has 0 saturated heterocycles. The van der Waals surface area contributed by atoms with Crippen LogP contribution in [-0.2, 0) is 6.54 Å². The molecule has 108 valence electrons. The number of aromatic nitrogens is 1. The predicted octanol–water partition coefficient (Wildman–Crippen LogP) is 3.27. The van der Waals surface area contributed by atoms with Gasteiger partial charge in [-0.2, -0.15) is 0 Å². The van der Waals surface area contributed by atoms with Crippen LogP contribution in [-0.4, -0.2) is 14.8 Å². The first-order chi connectivity index (χ1) is 10.0. The summed E-state index contributed by atoms with van der Waals surface area (Å²) in [6.07, 6.45) is 2.53. The molecule has 0 aliphatic heterocycles. The molecule has 1 heterocycles. The first-order valence-corrected chi connectivity index (χ1v) is 6.54. The Labute approximate surface area is 127 Å². The van der Waals surface area contributed by atoms with Crippen molar-refractivity contribution in [2.24, 2.45) is 0 Å². The third kappa shape index (κ3) is 3.31. The number of para-hydroxylation sites is 1. The zero-order valence-electron chi connectivity index (χ0n) is 10.5. The summed E-state index contributed by atoms with van der Waals surface area (Å²) in [5.74, 6) is 0. The van der Waals surface area contributed by atoms with Crippen LogP contribution >= 0.6 is 15.9 Å². The lowest BCUT2D eigenvalue weighted by Crippen LogP contribution is -2.06. The van der Waals surface area contributed by atoms with Gasteiger partial charge in [0.1, 0.15) is 11.9 Å². The molecule has 1 aromatic carbocycles. The van der Waals surface area contributed by atoms with Gasteiger partial charge in [0.25, 0.3) is 5.69 Å². The summed E-state index contributed by atoms with van der Waals surface area (Å²) in [5.41, 5.74) is 0.412. The summed E-state index contributed by atoms with van der Waals surface area (Å²) >= 11 is 3.17. The van der Waals surface area contributed by atoms with Crippen LogP contribution in [0.4, 0.5) is 17.1 Å². The van der Waals surface area contributed by atoms with E-state index in [2.05, 4.69) is 26.2 Å². The number of nitrogens with zero attached hydrogens (tertiary/aromatic N) is 3. The van der Waals surface area contributed by atoms with Gasteiger partial charge in [-0.15, -0.1) is 0 Å². The van der Waals surface area contributed by atoms with E-state index >= 15 is 0 Å². The summed E-state index contributed by atoms with van der Waals surface area (Å²) in [6, 6.07) is 6.20. The van der Waals surface area contributed by atoms with Crippen LogP contribution in [0.25, 0.3) is 0 Å². The van der Waals surface area contributed by atoms with Crippen molar-refractivity contribution in [3.8, 4) is 0 Å². The lowest BCUT2D eigenvalue weighted by Gasteiger charge is -2.09. The lowest BCUT2D eigenvalue weighted by atomic mass is 10.2. The van der Waals surface area contributed by atoms with Gasteiger partial charge in [0.15, 0.2) is 0 Å². The fourth-order valence-electron chi connectivity index (χ4n) is 1.76. The van der Waals surface area contributed by atoms with E-state index < -0.39 is 9.85 Å². The molecule has 0 spiro atoms. The molecule has 2 aromatic rings. The van der Waals surface area contributed by atoms with Gasteiger partial charge in [0.05, 0.1) is 14.3 Å². The molecule has 2 rings (SSSR count). The van der Waals surface area contributed by atoms with E-state index in [1.807, 2.05) is 0 Å². The highest BCUT2D eigenvalue weighted by Crippen LogP contribution is 2.32. The number of nitro benzene ring substituents is 1. The van der Waals surface area contributed by atoms with Gasteiger partial charge in [-0.25, -0.2) is 0 Å². The summed E-state index contributed by atoms with van der Waals surface area (Å²) in [6.45, 7) is 0.0839. The Morgan fingerprint density at radius 1 is 1.10 bits per heavy atom. The van der Waals surface area contributed by atoms with Crippen molar-refractivity contribution in [1.82, 2.24) is 4.98 Å². The van der Waals surface area contributed by atoms with Gasteiger partial charge in [-0.1, -0.05) is 18.2 Å². The first-order valence-electron chi connectivity index (χ1n) is 5.74. The van der Waals surface area contributed by atoms with Gasteiger partial charge < -0.3 is 5.32 Å². The largest absolute Gasteiger partial charge is 0.374 e. The summed E-state index contributed by atoms with van der Waals surface area (Å²) in [7, 11) is 0. The Morgan fingerprint density at radius 2 is 1.76 bits per heavy atom. The molecule has 0 amide bonds. The highest BCUT2D eigenvalue weighted by molar-refractivity contribution is 9.10. The number of hydrogen-bond donors (Lipinski definition) is 1. The van der Waals surface area contributed by atoms with Gasteiger partial charge in [0.2, 0.25) is 0 Å². The van der Waals surface area contributed by atoms with Gasteiger partial charge in [0, 0.05) is 24.4 Å². The topological polar surface area (TPSA) is 111 Å². The van der Waals surface area contributed by atoms with Crippen LogP contribution < -0.4 is 5.32 Å². The lowest BCUT2D eigenvalue weighted by molar-refractivity contribution is -0.385. The fourth-order valence-corrected chi connectivity index (χ4v) is 2.22. The SMILES string of the molecule is O=[N+]([O-])c1ccccc1CNc1c(Br)cncc1[N+](=O)[O-]. The summed E-state index contributed by atoms with van der Waals surface area (Å²) in [4.78, 5) is 24.5. The molecule has 0 atom stereocenters. The highest BCUT2D eigenvalue weighted by Gasteiger charge is 2.18. The molecule has 0 aliphatic rings. The highest BCUT2D eigenvalue weighted by atomic mass is 79.9. The maximum absolute atomic E-state index is 11.0.